The highest BCUT2D eigenvalue weighted by Gasteiger charge is 1.93. The van der Waals surface area contributed by atoms with Gasteiger partial charge in [-0.1, -0.05) is 0 Å². The van der Waals surface area contributed by atoms with Crippen LogP contribution in [0.3, 0.4) is 0 Å². The van der Waals surface area contributed by atoms with Crippen molar-refractivity contribution in [2.75, 3.05) is 0 Å². The molecule has 4 heteroatoms. The van der Waals surface area contributed by atoms with Crippen LogP contribution in [0.2, 0.25) is 0 Å². The number of thiophene rings is 1. The molecule has 0 aromatic carbocycles. The molecule has 0 aliphatic carbocycles. The van der Waals surface area contributed by atoms with E-state index in [0.717, 1.165) is 9.75 Å². The summed E-state index contributed by atoms with van der Waals surface area (Å²) < 4.78 is 0. The molecule has 0 aliphatic heterocycles. The van der Waals surface area contributed by atoms with Crippen LogP contribution in [0, 0.1) is 0 Å². The highest BCUT2D eigenvalue weighted by molar-refractivity contribution is 7.13. The summed E-state index contributed by atoms with van der Waals surface area (Å²) in [6.07, 6.45) is 1.61. The Kier molecular flexibility index (Phi) is 2.42. The second-order valence-electron chi connectivity index (χ2n) is 1.79. The Balaban J connectivity index is 2.78. The van der Waals surface area contributed by atoms with Gasteiger partial charge in [-0.05, 0) is 12.1 Å². The van der Waals surface area contributed by atoms with E-state index < -0.39 is 0 Å². The number of nitrogens with two attached hydrogens (primary N) is 2. The molecule has 0 atom stereocenters. The van der Waals surface area contributed by atoms with Gasteiger partial charge in [-0.3, -0.25) is 0 Å². The average molecular weight is 155 g/mol. The Hall–Kier alpha value is -0.870. The molecule has 0 fully saturated rings. The van der Waals surface area contributed by atoms with Crippen LogP contribution in [0.5, 0.6) is 0 Å². The summed E-state index contributed by atoms with van der Waals surface area (Å²) in [4.78, 5) is 2.19. The summed E-state index contributed by atoms with van der Waals surface area (Å²) in [5.41, 5.74) is 5.39. The fraction of sp³-hybridized carbons (Fsp3) is 0.167. The Morgan fingerprint density at radius 1 is 1.60 bits per heavy atom. The number of nitrogens with zero attached hydrogens (tertiary/aromatic N) is 1. The second kappa shape index (κ2) is 3.34. The van der Waals surface area contributed by atoms with Crippen molar-refractivity contribution in [3.8, 4) is 0 Å². The van der Waals surface area contributed by atoms with Gasteiger partial charge in [0.25, 0.3) is 0 Å². The first-order valence-electron chi connectivity index (χ1n) is 2.89. The van der Waals surface area contributed by atoms with Crippen molar-refractivity contribution in [2.45, 2.75) is 6.54 Å². The van der Waals surface area contributed by atoms with E-state index in [1.54, 1.807) is 17.6 Å². The van der Waals surface area contributed by atoms with Crippen LogP contribution in [0.4, 0.5) is 0 Å². The first kappa shape index (κ1) is 7.24. The van der Waals surface area contributed by atoms with E-state index in [2.05, 4.69) is 5.10 Å². The van der Waals surface area contributed by atoms with E-state index in [0.29, 0.717) is 6.54 Å². The van der Waals surface area contributed by atoms with E-state index in [9.17, 15) is 0 Å². The predicted molar refractivity (Wildman–Crippen MR) is 44.0 cm³/mol. The molecular weight excluding hydrogens is 146 g/mol. The summed E-state index contributed by atoms with van der Waals surface area (Å²) >= 11 is 1.60. The highest BCUT2D eigenvalue weighted by Crippen LogP contribution is 2.12. The molecule has 0 radical (unpaired) electrons. The van der Waals surface area contributed by atoms with E-state index in [4.69, 9.17) is 11.6 Å². The van der Waals surface area contributed by atoms with E-state index in [-0.39, 0.29) is 0 Å². The number of hydrogen-bond donors (Lipinski definition) is 2. The van der Waals surface area contributed by atoms with Crippen molar-refractivity contribution in [1.82, 2.24) is 0 Å². The minimum absolute atomic E-state index is 0.586. The summed E-state index contributed by atoms with van der Waals surface area (Å²) in [7, 11) is 0. The zero-order valence-corrected chi connectivity index (χ0v) is 6.27. The van der Waals surface area contributed by atoms with Gasteiger partial charge in [-0.2, -0.15) is 5.10 Å². The van der Waals surface area contributed by atoms with Gasteiger partial charge in [-0.15, -0.1) is 11.3 Å². The molecule has 0 aliphatic rings. The summed E-state index contributed by atoms with van der Waals surface area (Å²) in [6.45, 7) is 0.586. The zero-order valence-electron chi connectivity index (χ0n) is 5.45. The van der Waals surface area contributed by atoms with Gasteiger partial charge in [0, 0.05) is 16.3 Å². The van der Waals surface area contributed by atoms with Gasteiger partial charge in [0.1, 0.15) is 0 Å². The highest BCUT2D eigenvalue weighted by atomic mass is 32.1. The molecule has 1 heterocycles. The Bertz CT molecular complexity index is 229. The van der Waals surface area contributed by atoms with E-state index in [1.165, 1.54) is 0 Å². The maximum atomic E-state index is 5.39. The second-order valence-corrected chi connectivity index (χ2v) is 2.99. The van der Waals surface area contributed by atoms with Crippen molar-refractivity contribution >= 4 is 17.6 Å². The van der Waals surface area contributed by atoms with E-state index in [1.807, 2.05) is 12.1 Å². The van der Waals surface area contributed by atoms with Crippen LogP contribution >= 0.6 is 11.3 Å². The largest absolute Gasteiger partial charge is 0.326 e. The Morgan fingerprint density at radius 3 is 2.90 bits per heavy atom. The molecule has 0 amide bonds. The maximum absolute atomic E-state index is 5.39. The van der Waals surface area contributed by atoms with Gasteiger partial charge >= 0.3 is 0 Å². The predicted octanol–water partition coefficient (Wildman–Crippen LogP) is 0.499. The minimum atomic E-state index is 0.586. The number of rotatable bonds is 2. The third kappa shape index (κ3) is 1.55. The summed E-state index contributed by atoms with van der Waals surface area (Å²) in [6, 6.07) is 3.92. The first-order chi connectivity index (χ1) is 4.86. The van der Waals surface area contributed by atoms with Crippen LogP contribution in [0.1, 0.15) is 9.75 Å². The van der Waals surface area contributed by atoms with Crippen molar-refractivity contribution < 1.29 is 0 Å². The molecule has 10 heavy (non-hydrogen) atoms. The van der Waals surface area contributed by atoms with Crippen molar-refractivity contribution in [3.05, 3.63) is 21.9 Å². The SMILES string of the molecule is NCc1ccc(C=NN)s1. The molecule has 1 aromatic heterocycles. The van der Waals surface area contributed by atoms with Crippen molar-refractivity contribution in [1.29, 1.82) is 0 Å². The third-order valence-electron chi connectivity index (χ3n) is 1.09. The van der Waals surface area contributed by atoms with Crippen LogP contribution in [-0.4, -0.2) is 6.21 Å². The molecule has 0 saturated carbocycles. The maximum Gasteiger partial charge on any atom is 0.0637 e. The van der Waals surface area contributed by atoms with Crippen LogP contribution in [0.25, 0.3) is 0 Å². The quantitative estimate of drug-likeness (QED) is 0.371. The van der Waals surface area contributed by atoms with Gasteiger partial charge < -0.3 is 11.6 Å². The molecule has 1 rings (SSSR count). The fourth-order valence-electron chi connectivity index (χ4n) is 0.647. The van der Waals surface area contributed by atoms with Gasteiger partial charge in [-0.25, -0.2) is 0 Å². The molecule has 0 unspecified atom stereocenters. The zero-order chi connectivity index (χ0) is 7.40. The average Bonchev–Trinajstić information content (AvgIpc) is 2.37. The van der Waals surface area contributed by atoms with Crippen LogP contribution in [-0.2, 0) is 6.54 Å². The van der Waals surface area contributed by atoms with Gasteiger partial charge in [0.15, 0.2) is 0 Å². The molecule has 3 nitrogen and oxygen atoms in total. The smallest absolute Gasteiger partial charge is 0.0637 e. The van der Waals surface area contributed by atoms with E-state index >= 15 is 0 Å². The summed E-state index contributed by atoms with van der Waals surface area (Å²) in [5.74, 6) is 4.96. The lowest BCUT2D eigenvalue weighted by Crippen LogP contribution is -1.91. The third-order valence-corrected chi connectivity index (χ3v) is 2.13. The normalized spacial score (nSPS) is 10.9. The molecule has 54 valence electrons. The topological polar surface area (TPSA) is 64.4 Å². The van der Waals surface area contributed by atoms with Gasteiger partial charge in [0.05, 0.1) is 6.21 Å². The lowest BCUT2D eigenvalue weighted by Gasteiger charge is -1.82. The number of hydrazone groups is 1. The Labute approximate surface area is 63.3 Å². The fourth-order valence-corrected chi connectivity index (χ4v) is 1.42. The lowest BCUT2D eigenvalue weighted by molar-refractivity contribution is 1.11. The van der Waals surface area contributed by atoms with Crippen LogP contribution in [0.15, 0.2) is 17.2 Å². The van der Waals surface area contributed by atoms with Gasteiger partial charge in [0.2, 0.25) is 0 Å². The molecule has 0 spiro atoms. The molecule has 0 saturated heterocycles. The first-order valence-corrected chi connectivity index (χ1v) is 3.70. The lowest BCUT2D eigenvalue weighted by atomic mass is 10.4. The molecule has 0 bridgehead atoms. The number of hydrogen-bond acceptors (Lipinski definition) is 4. The van der Waals surface area contributed by atoms with Crippen molar-refractivity contribution in [2.24, 2.45) is 16.7 Å². The van der Waals surface area contributed by atoms with Crippen molar-refractivity contribution in [3.63, 3.8) is 0 Å². The standard InChI is InChI=1S/C6H9N3S/c7-3-5-1-2-6(10-5)4-9-8/h1-2,4H,3,7-8H2. The monoisotopic (exact) mass is 155 g/mol. The molecular formula is C6H9N3S. The molecule has 1 aromatic rings. The van der Waals surface area contributed by atoms with Crippen LogP contribution < -0.4 is 11.6 Å². The minimum Gasteiger partial charge on any atom is -0.326 e. The molecule has 4 N–H and O–H groups in total. The Morgan fingerprint density at radius 2 is 2.40 bits per heavy atom. The summed E-state index contributed by atoms with van der Waals surface area (Å²) in [5, 5.41) is 3.40.